The van der Waals surface area contributed by atoms with E-state index < -0.39 is 21.5 Å². The fraction of sp³-hybridized carbons (Fsp3) is 0.400. The van der Waals surface area contributed by atoms with Gasteiger partial charge in [-0.25, -0.2) is 14.1 Å². The van der Waals surface area contributed by atoms with Crippen LogP contribution in [0.5, 0.6) is 0 Å². The normalized spacial score (nSPS) is 17.6. The van der Waals surface area contributed by atoms with Gasteiger partial charge in [0.1, 0.15) is 4.21 Å². The monoisotopic (exact) mass is 433 g/mol. The molecule has 2 aliphatic rings. The Morgan fingerprint density at radius 3 is 2.69 bits per heavy atom. The summed E-state index contributed by atoms with van der Waals surface area (Å²) >= 11 is 1.09. The summed E-state index contributed by atoms with van der Waals surface area (Å²) < 4.78 is 16.8. The van der Waals surface area contributed by atoms with E-state index in [1.807, 2.05) is 6.07 Å². The van der Waals surface area contributed by atoms with Crippen LogP contribution >= 0.6 is 11.3 Å². The van der Waals surface area contributed by atoms with Crippen molar-refractivity contribution >= 4 is 38.8 Å². The lowest BCUT2D eigenvalue weighted by molar-refractivity contribution is 0.0789. The van der Waals surface area contributed by atoms with E-state index in [2.05, 4.69) is 9.68 Å². The second kappa shape index (κ2) is 7.02. The molecular weight excluding hydrogens is 410 g/mol. The fourth-order valence-corrected chi connectivity index (χ4v) is 6.19. The number of nitrogens with zero attached hydrogens (tertiary/aromatic N) is 1. The zero-order chi connectivity index (χ0) is 21.0. The molecular formula is C20H23N3O4S2. The number of Topliss-reactive ketones (excluding diaryl/α,β-unsaturated/α-hetero) is 1. The first-order valence-electron chi connectivity index (χ1n) is 9.44. The number of hydrogen-bond donors (Lipinski definition) is 3. The zero-order valence-electron chi connectivity index (χ0n) is 16.3. The van der Waals surface area contributed by atoms with Gasteiger partial charge in [-0.15, -0.1) is 15.7 Å². The van der Waals surface area contributed by atoms with Crippen molar-refractivity contribution in [3.8, 4) is 0 Å². The third-order valence-electron chi connectivity index (χ3n) is 5.43. The van der Waals surface area contributed by atoms with Crippen LogP contribution in [-0.2, 0) is 34.8 Å². The second-order valence-electron chi connectivity index (χ2n) is 8.00. The number of carbonyl (C=O) groups excluding carboxylic acids is 2. The maximum atomic E-state index is 12.9. The van der Waals surface area contributed by atoms with E-state index in [0.717, 1.165) is 47.3 Å². The number of urea groups is 1. The predicted molar refractivity (Wildman–Crippen MR) is 113 cm³/mol. The molecule has 1 heterocycles. The smallest absolute Gasteiger partial charge is 0.354 e. The summed E-state index contributed by atoms with van der Waals surface area (Å²) in [5, 5.41) is 20.4. The lowest BCUT2D eigenvalue weighted by Crippen LogP contribution is -2.18. The molecule has 0 saturated heterocycles. The molecule has 2 aromatic rings. The van der Waals surface area contributed by atoms with E-state index in [0.29, 0.717) is 29.7 Å². The largest absolute Gasteiger partial charge is 0.386 e. The third-order valence-corrected chi connectivity index (χ3v) is 8.29. The maximum absolute atomic E-state index is 12.9. The van der Waals surface area contributed by atoms with Crippen molar-refractivity contribution in [3.63, 3.8) is 0 Å². The zero-order valence-corrected chi connectivity index (χ0v) is 17.9. The van der Waals surface area contributed by atoms with Gasteiger partial charge in [0.25, 0.3) is 0 Å². The Bertz CT molecular complexity index is 1150. The second-order valence-corrected chi connectivity index (χ2v) is 10.9. The molecule has 1 unspecified atom stereocenters. The van der Waals surface area contributed by atoms with Crippen LogP contribution in [0, 0.1) is 0 Å². The molecule has 7 nitrogen and oxygen atoms in total. The fourth-order valence-electron chi connectivity index (χ4n) is 3.91. The highest BCUT2D eigenvalue weighted by atomic mass is 32.2. The van der Waals surface area contributed by atoms with Crippen LogP contribution in [0.1, 0.15) is 59.3 Å². The molecule has 2 aliphatic carbocycles. The van der Waals surface area contributed by atoms with Crippen LogP contribution in [0.2, 0.25) is 0 Å². The maximum Gasteiger partial charge on any atom is 0.354 e. The van der Waals surface area contributed by atoms with Crippen LogP contribution in [0.3, 0.4) is 0 Å². The van der Waals surface area contributed by atoms with E-state index in [-0.39, 0.29) is 9.99 Å². The highest BCUT2D eigenvalue weighted by Crippen LogP contribution is 2.38. The molecule has 0 fully saturated rings. The quantitative estimate of drug-likeness (QED) is 0.685. The molecule has 0 radical (unpaired) electrons. The van der Waals surface area contributed by atoms with Crippen molar-refractivity contribution in [3.05, 3.63) is 45.3 Å². The van der Waals surface area contributed by atoms with Gasteiger partial charge in [0.05, 0.1) is 5.60 Å². The Morgan fingerprint density at radius 2 is 2.00 bits per heavy atom. The number of hydrogen-bond acceptors (Lipinski definition) is 5. The number of aryl methyl sites for hydroxylation is 1. The van der Waals surface area contributed by atoms with Crippen molar-refractivity contribution in [2.45, 2.75) is 55.8 Å². The molecule has 0 aliphatic heterocycles. The Balaban J connectivity index is 1.67. The molecule has 4 N–H and O–H groups in total. The van der Waals surface area contributed by atoms with Crippen LogP contribution in [0.25, 0.3) is 0 Å². The predicted octanol–water partition coefficient (Wildman–Crippen LogP) is 3.53. The van der Waals surface area contributed by atoms with Crippen molar-refractivity contribution in [2.24, 2.45) is 9.50 Å². The number of nitrogens with one attached hydrogen (secondary N) is 1. The highest BCUT2D eigenvalue weighted by molar-refractivity contribution is 7.93. The number of amides is 2. The molecule has 154 valence electrons. The number of anilines is 1. The number of carbonyl (C=O) groups is 2. The number of thiophene rings is 1. The van der Waals surface area contributed by atoms with E-state index in [4.69, 9.17) is 5.14 Å². The van der Waals surface area contributed by atoms with Gasteiger partial charge in [0, 0.05) is 17.7 Å². The van der Waals surface area contributed by atoms with Gasteiger partial charge >= 0.3 is 6.03 Å². The minimum absolute atomic E-state index is 0.0856. The first kappa shape index (κ1) is 20.2. The van der Waals surface area contributed by atoms with E-state index in [1.54, 1.807) is 19.2 Å². The highest BCUT2D eigenvalue weighted by Gasteiger charge is 2.29. The Kier molecular flexibility index (Phi) is 4.89. The molecule has 1 aromatic carbocycles. The Morgan fingerprint density at radius 1 is 1.24 bits per heavy atom. The summed E-state index contributed by atoms with van der Waals surface area (Å²) in [5.74, 6) is 0.0856. The lowest BCUT2D eigenvalue weighted by atomic mass is 9.98. The molecule has 1 aromatic heterocycles. The minimum Gasteiger partial charge on any atom is -0.386 e. The number of nitrogens with two attached hydrogens (primary N) is 1. The van der Waals surface area contributed by atoms with E-state index in [9.17, 15) is 18.9 Å². The average molecular weight is 434 g/mol. The Hall–Kier alpha value is -2.07. The van der Waals surface area contributed by atoms with Crippen molar-refractivity contribution < 1.29 is 18.9 Å². The van der Waals surface area contributed by atoms with Gasteiger partial charge in [0.2, 0.25) is 0 Å². The van der Waals surface area contributed by atoms with Crippen molar-refractivity contribution in [1.82, 2.24) is 0 Å². The van der Waals surface area contributed by atoms with Crippen molar-refractivity contribution in [2.75, 3.05) is 5.32 Å². The Labute approximate surface area is 173 Å². The lowest BCUT2D eigenvalue weighted by Gasteiger charge is -2.15. The van der Waals surface area contributed by atoms with Gasteiger partial charge in [-0.3, -0.25) is 4.79 Å². The van der Waals surface area contributed by atoms with Gasteiger partial charge in [-0.2, -0.15) is 0 Å². The molecule has 0 spiro atoms. The number of aliphatic hydroxyl groups is 1. The van der Waals surface area contributed by atoms with Gasteiger partial charge in [-0.1, -0.05) is 0 Å². The summed E-state index contributed by atoms with van der Waals surface area (Å²) in [6.45, 7) is 3.22. The molecule has 0 saturated carbocycles. The standard InChI is InChI=1S/C20H23N3O4S2/c1-20(2,26)12-9-17(28-10-12)29(21,27)23-19(25)22-18-13-5-3-4-11(13)8-15-14(18)6-7-16(15)24/h8-10,26H,3-7H2,1-2H3,(H3,21,22,23,25,27). The molecule has 29 heavy (non-hydrogen) atoms. The topological polar surface area (TPSA) is 122 Å². The molecule has 4 rings (SSSR count). The van der Waals surface area contributed by atoms with E-state index >= 15 is 0 Å². The number of rotatable bonds is 3. The summed E-state index contributed by atoms with van der Waals surface area (Å²) in [6, 6.07) is 2.67. The van der Waals surface area contributed by atoms with Gasteiger partial charge in [-0.05, 0) is 79.3 Å². The van der Waals surface area contributed by atoms with Crippen molar-refractivity contribution in [1.29, 1.82) is 0 Å². The third kappa shape index (κ3) is 3.75. The summed E-state index contributed by atoms with van der Waals surface area (Å²) in [4.78, 5) is 24.8. The molecule has 9 heteroatoms. The minimum atomic E-state index is -3.45. The van der Waals surface area contributed by atoms with Crippen LogP contribution in [0.4, 0.5) is 10.5 Å². The summed E-state index contributed by atoms with van der Waals surface area (Å²) in [5.41, 5.74) is 3.70. The van der Waals surface area contributed by atoms with Gasteiger partial charge in [0.15, 0.2) is 15.7 Å². The number of fused-ring (bicyclic) bond motifs is 2. The summed E-state index contributed by atoms with van der Waals surface area (Å²) in [7, 11) is -3.45. The molecule has 1 atom stereocenters. The first-order valence-corrected chi connectivity index (χ1v) is 11.9. The van der Waals surface area contributed by atoms with Crippen LogP contribution in [-0.4, -0.2) is 21.1 Å². The van der Waals surface area contributed by atoms with E-state index in [1.165, 1.54) is 6.07 Å². The summed E-state index contributed by atoms with van der Waals surface area (Å²) in [6.07, 6.45) is 3.67. The molecule has 0 bridgehead atoms. The SMILES string of the molecule is CC(C)(O)c1csc(S(N)(=O)=NC(=O)Nc2c3c(cc4c2CCC4=O)CCC3)c1. The van der Waals surface area contributed by atoms with Gasteiger partial charge < -0.3 is 10.4 Å². The number of benzene rings is 1. The number of ketones is 1. The average Bonchev–Trinajstić information content (AvgIpc) is 3.33. The molecule has 2 amide bonds. The first-order chi connectivity index (χ1) is 13.6. The van der Waals surface area contributed by atoms with Crippen LogP contribution < -0.4 is 10.5 Å². The van der Waals surface area contributed by atoms with Crippen LogP contribution in [0.15, 0.2) is 26.1 Å².